The van der Waals surface area contributed by atoms with Crippen LogP contribution >= 0.6 is 0 Å². The lowest BCUT2D eigenvalue weighted by Gasteiger charge is -2.40. The molecule has 28 heavy (non-hydrogen) atoms. The third kappa shape index (κ3) is 3.05. The maximum atomic E-state index is 13.2. The van der Waals surface area contributed by atoms with Gasteiger partial charge in [-0.15, -0.1) is 0 Å². The third-order valence-electron chi connectivity index (χ3n) is 5.13. The Hall–Kier alpha value is -2.81. The number of alkyl halides is 2. The Kier molecular flexibility index (Phi) is 4.62. The van der Waals surface area contributed by atoms with E-state index in [1.54, 1.807) is 31.3 Å². The zero-order chi connectivity index (χ0) is 20.0. The summed E-state index contributed by atoms with van der Waals surface area (Å²) >= 11 is 0. The number of amides is 2. The second-order valence-corrected chi connectivity index (χ2v) is 7.09. The predicted molar refractivity (Wildman–Crippen MR) is 98.5 cm³/mol. The van der Waals surface area contributed by atoms with E-state index in [0.29, 0.717) is 24.6 Å². The van der Waals surface area contributed by atoms with Crippen LogP contribution in [-0.2, 0) is 14.3 Å². The van der Waals surface area contributed by atoms with Gasteiger partial charge in [-0.25, -0.2) is 0 Å². The molecule has 0 saturated carbocycles. The molecule has 2 aliphatic heterocycles. The fraction of sp³-hybridized carbons (Fsp3) is 0.421. The molecule has 0 radical (unpaired) electrons. The molecule has 1 aromatic carbocycles. The van der Waals surface area contributed by atoms with Gasteiger partial charge >= 0.3 is 6.43 Å². The summed E-state index contributed by atoms with van der Waals surface area (Å²) in [5.74, 6) is -1.47. The van der Waals surface area contributed by atoms with Crippen molar-refractivity contribution in [3.05, 3.63) is 30.6 Å². The fourth-order valence-corrected chi connectivity index (χ4v) is 3.67. The molecule has 2 aromatic rings. The first kappa shape index (κ1) is 18.5. The van der Waals surface area contributed by atoms with Crippen molar-refractivity contribution in [1.29, 1.82) is 0 Å². The number of benzene rings is 1. The highest BCUT2D eigenvalue weighted by Gasteiger charge is 2.36. The summed E-state index contributed by atoms with van der Waals surface area (Å²) in [7, 11) is 0. The van der Waals surface area contributed by atoms with Gasteiger partial charge in [0.1, 0.15) is 0 Å². The van der Waals surface area contributed by atoms with Crippen molar-refractivity contribution in [2.75, 3.05) is 29.6 Å². The maximum absolute atomic E-state index is 13.2. The van der Waals surface area contributed by atoms with Crippen LogP contribution in [-0.4, -0.2) is 53.8 Å². The van der Waals surface area contributed by atoms with E-state index in [9.17, 15) is 18.4 Å². The number of aromatic nitrogens is 2. The molecule has 3 heterocycles. The van der Waals surface area contributed by atoms with Gasteiger partial charge in [-0.05, 0) is 24.6 Å². The topological polar surface area (TPSA) is 67.7 Å². The summed E-state index contributed by atoms with van der Waals surface area (Å²) in [5, 5.41) is 4.34. The van der Waals surface area contributed by atoms with Gasteiger partial charge in [0.2, 0.25) is 5.91 Å². The van der Waals surface area contributed by atoms with E-state index in [-0.39, 0.29) is 18.5 Å². The third-order valence-corrected chi connectivity index (χ3v) is 5.13. The van der Waals surface area contributed by atoms with Gasteiger partial charge in [0.15, 0.2) is 0 Å². The highest BCUT2D eigenvalue weighted by atomic mass is 19.3. The van der Waals surface area contributed by atoms with Crippen LogP contribution in [0, 0.1) is 0 Å². The number of anilines is 2. The van der Waals surface area contributed by atoms with Crippen molar-refractivity contribution in [3.8, 4) is 11.1 Å². The summed E-state index contributed by atoms with van der Waals surface area (Å²) < 4.78 is 33.3. The molecular weight excluding hydrogens is 370 g/mol. The molecule has 0 bridgehead atoms. The minimum Gasteiger partial charge on any atom is -0.377 e. The summed E-state index contributed by atoms with van der Waals surface area (Å²) in [6.45, 7) is 4.37. The standard InChI is InChI=1S/C19H20F2N4O3/c1-11-7-23(19(27)18(20)21)17-5-13(3-4-16(17)25(11)12(2)26)14-6-22-24(8-14)15-9-28-10-15/h3-6,8,11,15,18H,7,9-10H2,1-2H3. The monoisotopic (exact) mass is 390 g/mol. The molecule has 9 heteroatoms. The normalized spacial score (nSPS) is 19.5. The van der Waals surface area contributed by atoms with Gasteiger partial charge in [0.25, 0.3) is 5.91 Å². The molecule has 1 unspecified atom stereocenters. The van der Waals surface area contributed by atoms with Crippen molar-refractivity contribution in [2.45, 2.75) is 32.4 Å². The molecule has 0 aliphatic carbocycles. The van der Waals surface area contributed by atoms with E-state index >= 15 is 0 Å². The van der Waals surface area contributed by atoms with Crippen LogP contribution in [0.3, 0.4) is 0 Å². The van der Waals surface area contributed by atoms with Crippen LogP contribution < -0.4 is 9.80 Å². The lowest BCUT2D eigenvalue weighted by atomic mass is 10.0. The number of carbonyl (C=O) groups excluding carboxylic acids is 2. The number of ether oxygens (including phenoxy) is 1. The van der Waals surface area contributed by atoms with Gasteiger partial charge in [-0.3, -0.25) is 14.3 Å². The zero-order valence-electron chi connectivity index (χ0n) is 15.5. The van der Waals surface area contributed by atoms with Crippen molar-refractivity contribution in [3.63, 3.8) is 0 Å². The van der Waals surface area contributed by atoms with E-state index in [4.69, 9.17) is 4.74 Å². The number of halogens is 2. The summed E-state index contributed by atoms with van der Waals surface area (Å²) in [6.07, 6.45) is 0.435. The van der Waals surface area contributed by atoms with E-state index in [1.807, 2.05) is 10.9 Å². The first-order valence-corrected chi connectivity index (χ1v) is 9.02. The van der Waals surface area contributed by atoms with Crippen LogP contribution in [0.5, 0.6) is 0 Å². The highest BCUT2D eigenvalue weighted by molar-refractivity contribution is 6.05. The molecule has 148 valence electrons. The van der Waals surface area contributed by atoms with Gasteiger partial charge in [-0.1, -0.05) is 6.07 Å². The average Bonchev–Trinajstić information content (AvgIpc) is 3.07. The van der Waals surface area contributed by atoms with Crippen LogP contribution in [0.25, 0.3) is 11.1 Å². The lowest BCUT2D eigenvalue weighted by Crippen LogP contribution is -2.52. The van der Waals surface area contributed by atoms with Crippen LogP contribution in [0.4, 0.5) is 20.2 Å². The van der Waals surface area contributed by atoms with Gasteiger partial charge < -0.3 is 14.5 Å². The Labute approximate surface area is 160 Å². The van der Waals surface area contributed by atoms with Crippen molar-refractivity contribution < 1.29 is 23.1 Å². The minimum absolute atomic E-state index is 0.0118. The SMILES string of the molecule is CC(=O)N1c2ccc(-c3cnn(C4COC4)c3)cc2N(C(=O)C(F)F)CC1C. The highest BCUT2D eigenvalue weighted by Crippen LogP contribution is 2.39. The first-order chi connectivity index (χ1) is 13.4. The number of nitrogens with zero attached hydrogens (tertiary/aromatic N) is 4. The van der Waals surface area contributed by atoms with E-state index in [2.05, 4.69) is 5.10 Å². The van der Waals surface area contributed by atoms with E-state index < -0.39 is 18.4 Å². The number of carbonyl (C=O) groups is 2. The Balaban J connectivity index is 1.76. The molecule has 1 atom stereocenters. The molecule has 1 saturated heterocycles. The Morgan fingerprint density at radius 3 is 2.57 bits per heavy atom. The fourth-order valence-electron chi connectivity index (χ4n) is 3.67. The average molecular weight is 390 g/mol. The van der Waals surface area contributed by atoms with Crippen molar-refractivity contribution in [2.24, 2.45) is 0 Å². The lowest BCUT2D eigenvalue weighted by molar-refractivity contribution is -0.129. The first-order valence-electron chi connectivity index (χ1n) is 9.02. The Bertz CT molecular complexity index is 926. The molecule has 1 fully saturated rings. The van der Waals surface area contributed by atoms with Gasteiger partial charge in [0.05, 0.1) is 42.9 Å². The molecule has 1 aromatic heterocycles. The van der Waals surface area contributed by atoms with Crippen molar-refractivity contribution in [1.82, 2.24) is 9.78 Å². The predicted octanol–water partition coefficient (Wildman–Crippen LogP) is 2.47. The second-order valence-electron chi connectivity index (χ2n) is 7.09. The number of hydrogen-bond acceptors (Lipinski definition) is 4. The molecule has 2 amide bonds. The zero-order valence-corrected chi connectivity index (χ0v) is 15.5. The summed E-state index contributed by atoms with van der Waals surface area (Å²) in [6, 6.07) is 4.95. The van der Waals surface area contributed by atoms with E-state index in [1.165, 1.54) is 11.8 Å². The molecule has 0 N–H and O–H groups in total. The number of rotatable bonds is 3. The summed E-state index contributed by atoms with van der Waals surface area (Å²) in [4.78, 5) is 26.8. The quantitative estimate of drug-likeness (QED) is 0.808. The molecule has 7 nitrogen and oxygen atoms in total. The largest absolute Gasteiger partial charge is 0.377 e. The van der Waals surface area contributed by atoms with Crippen LogP contribution in [0.1, 0.15) is 19.9 Å². The Morgan fingerprint density at radius 1 is 1.21 bits per heavy atom. The van der Waals surface area contributed by atoms with Crippen LogP contribution in [0.15, 0.2) is 30.6 Å². The molecule has 4 rings (SSSR count). The number of hydrogen-bond donors (Lipinski definition) is 0. The van der Waals surface area contributed by atoms with Crippen molar-refractivity contribution >= 4 is 23.2 Å². The molecule has 2 aliphatic rings. The summed E-state index contributed by atoms with van der Waals surface area (Å²) in [5.41, 5.74) is 2.28. The number of fused-ring (bicyclic) bond motifs is 1. The molecular formula is C19H20F2N4O3. The second kappa shape index (κ2) is 6.97. The van der Waals surface area contributed by atoms with E-state index in [0.717, 1.165) is 16.0 Å². The Morgan fingerprint density at radius 2 is 1.96 bits per heavy atom. The minimum atomic E-state index is -3.12. The smallest absolute Gasteiger partial charge is 0.316 e. The molecule has 0 spiro atoms. The van der Waals surface area contributed by atoms with Crippen LogP contribution in [0.2, 0.25) is 0 Å². The maximum Gasteiger partial charge on any atom is 0.316 e. The van der Waals surface area contributed by atoms with Gasteiger partial charge in [0, 0.05) is 25.2 Å². The van der Waals surface area contributed by atoms with Gasteiger partial charge in [-0.2, -0.15) is 13.9 Å².